The van der Waals surface area contributed by atoms with Crippen molar-refractivity contribution >= 4 is 45.6 Å². The topological polar surface area (TPSA) is 62.2 Å². The number of nitrogens with one attached hydrogen (secondary N) is 1. The van der Waals surface area contributed by atoms with Gasteiger partial charge in [-0.25, -0.2) is 0 Å². The van der Waals surface area contributed by atoms with E-state index < -0.39 is 0 Å². The number of benzene rings is 2. The average molecular weight is 443 g/mol. The number of aromatic nitrogens is 1. The quantitative estimate of drug-likeness (QED) is 0.456. The predicted molar refractivity (Wildman–Crippen MR) is 124 cm³/mol. The lowest BCUT2D eigenvalue weighted by atomic mass is 9.92. The number of carbonyl (C=O) groups excluding carboxylic acids is 1. The summed E-state index contributed by atoms with van der Waals surface area (Å²) in [5.74, 6) is -0.0328. The number of aliphatic hydroxyl groups is 1. The van der Waals surface area contributed by atoms with E-state index >= 15 is 0 Å². The van der Waals surface area contributed by atoms with Gasteiger partial charge in [0.2, 0.25) is 0 Å². The van der Waals surface area contributed by atoms with Crippen LogP contribution in [0.4, 0.5) is 5.69 Å². The fourth-order valence-electron chi connectivity index (χ4n) is 4.03. The second-order valence-electron chi connectivity index (χ2n) is 8.05. The maximum atomic E-state index is 12.3. The highest BCUT2D eigenvalue weighted by Gasteiger charge is 2.22. The highest BCUT2D eigenvalue weighted by molar-refractivity contribution is 6.36. The number of halogens is 2. The standard InChI is InChI=1S/C24H24Cl2N2O2/c1-13-21(25)10-16(11-22(13)26)15-3-8-23-19(9-15)24(20(12-27-23)14(2)29)28-17-4-6-18(30)7-5-17/h3,8-12,17-18,30H,4-7H2,1-2H3,(H,27,28). The maximum Gasteiger partial charge on any atom is 0.163 e. The van der Waals surface area contributed by atoms with Gasteiger partial charge >= 0.3 is 0 Å². The van der Waals surface area contributed by atoms with Crippen molar-refractivity contribution in [3.8, 4) is 11.1 Å². The smallest absolute Gasteiger partial charge is 0.163 e. The van der Waals surface area contributed by atoms with Crippen LogP contribution in [-0.2, 0) is 0 Å². The van der Waals surface area contributed by atoms with E-state index in [1.54, 1.807) is 13.1 Å². The van der Waals surface area contributed by atoms with Crippen LogP contribution in [0.2, 0.25) is 10.0 Å². The summed E-state index contributed by atoms with van der Waals surface area (Å²) in [6.07, 6.45) is 4.68. The molecular formula is C24H24Cl2N2O2. The minimum atomic E-state index is -0.229. The van der Waals surface area contributed by atoms with E-state index in [0.717, 1.165) is 59.0 Å². The molecule has 1 aromatic heterocycles. The Bertz CT molecular complexity index is 1100. The molecule has 3 aromatic rings. The number of anilines is 1. The molecule has 156 valence electrons. The minimum Gasteiger partial charge on any atom is -0.393 e. The van der Waals surface area contributed by atoms with Gasteiger partial charge in [0, 0.05) is 27.7 Å². The van der Waals surface area contributed by atoms with Gasteiger partial charge in [-0.2, -0.15) is 0 Å². The molecule has 1 aliphatic carbocycles. The Kier molecular flexibility index (Phi) is 6.01. The zero-order chi connectivity index (χ0) is 21.4. The van der Waals surface area contributed by atoms with E-state index in [2.05, 4.69) is 10.3 Å². The van der Waals surface area contributed by atoms with E-state index in [-0.39, 0.29) is 17.9 Å². The molecule has 0 bridgehead atoms. The molecule has 0 spiro atoms. The fraction of sp³-hybridized carbons (Fsp3) is 0.333. The molecule has 0 radical (unpaired) electrons. The fourth-order valence-corrected chi connectivity index (χ4v) is 4.52. The van der Waals surface area contributed by atoms with Crippen molar-refractivity contribution < 1.29 is 9.90 Å². The van der Waals surface area contributed by atoms with Crippen LogP contribution < -0.4 is 5.32 Å². The molecule has 4 rings (SSSR count). The molecule has 2 aromatic carbocycles. The number of nitrogens with zero attached hydrogens (tertiary/aromatic N) is 1. The van der Waals surface area contributed by atoms with Crippen LogP contribution in [0, 0.1) is 6.92 Å². The molecule has 2 N–H and O–H groups in total. The van der Waals surface area contributed by atoms with E-state index in [0.29, 0.717) is 15.6 Å². The maximum absolute atomic E-state index is 12.3. The Labute approximate surface area is 186 Å². The molecule has 0 amide bonds. The number of hydrogen-bond acceptors (Lipinski definition) is 4. The Hall–Kier alpha value is -2.14. The second-order valence-corrected chi connectivity index (χ2v) is 8.86. The first-order chi connectivity index (χ1) is 14.3. The van der Waals surface area contributed by atoms with E-state index in [9.17, 15) is 9.90 Å². The van der Waals surface area contributed by atoms with Crippen LogP contribution >= 0.6 is 23.2 Å². The molecule has 1 saturated carbocycles. The number of fused-ring (bicyclic) bond motifs is 1. The van der Waals surface area contributed by atoms with Crippen LogP contribution in [0.25, 0.3) is 22.0 Å². The molecule has 30 heavy (non-hydrogen) atoms. The van der Waals surface area contributed by atoms with Gasteiger partial charge in [-0.05, 0) is 80.5 Å². The lowest BCUT2D eigenvalue weighted by Crippen LogP contribution is -2.29. The minimum absolute atomic E-state index is 0.0328. The normalized spacial score (nSPS) is 19.1. The summed E-state index contributed by atoms with van der Waals surface area (Å²) in [4.78, 5) is 16.8. The highest BCUT2D eigenvalue weighted by Crippen LogP contribution is 2.35. The molecule has 1 fully saturated rings. The molecular weight excluding hydrogens is 419 g/mol. The first kappa shape index (κ1) is 21.1. The number of aliphatic hydroxyl groups excluding tert-OH is 1. The summed E-state index contributed by atoms with van der Waals surface area (Å²) in [5.41, 5.74) is 4.91. The number of pyridine rings is 1. The molecule has 0 aliphatic heterocycles. The Morgan fingerprint density at radius 1 is 1.07 bits per heavy atom. The van der Waals surface area contributed by atoms with Crippen LogP contribution in [0.3, 0.4) is 0 Å². The molecule has 1 heterocycles. The van der Waals surface area contributed by atoms with Crippen LogP contribution in [0.1, 0.15) is 48.5 Å². The lowest BCUT2D eigenvalue weighted by molar-refractivity contribution is 0.101. The van der Waals surface area contributed by atoms with Crippen molar-refractivity contribution in [1.82, 2.24) is 4.98 Å². The van der Waals surface area contributed by atoms with Gasteiger partial charge in [-0.3, -0.25) is 9.78 Å². The van der Waals surface area contributed by atoms with Crippen LogP contribution in [0.15, 0.2) is 36.5 Å². The number of rotatable bonds is 4. The van der Waals surface area contributed by atoms with Crippen molar-refractivity contribution in [3.63, 3.8) is 0 Å². The third-order valence-corrected chi connectivity index (χ3v) is 6.69. The summed E-state index contributed by atoms with van der Waals surface area (Å²) < 4.78 is 0. The monoisotopic (exact) mass is 442 g/mol. The molecule has 0 atom stereocenters. The van der Waals surface area contributed by atoms with Gasteiger partial charge in [0.05, 0.1) is 22.9 Å². The third kappa shape index (κ3) is 4.18. The summed E-state index contributed by atoms with van der Waals surface area (Å²) in [5, 5.41) is 15.5. The summed E-state index contributed by atoms with van der Waals surface area (Å²) in [6.45, 7) is 3.45. The molecule has 0 saturated heterocycles. The van der Waals surface area contributed by atoms with Crippen molar-refractivity contribution in [2.24, 2.45) is 0 Å². The Morgan fingerprint density at radius 3 is 2.37 bits per heavy atom. The number of ketones is 1. The molecule has 0 unspecified atom stereocenters. The zero-order valence-electron chi connectivity index (χ0n) is 17.0. The molecule has 6 heteroatoms. The summed E-state index contributed by atoms with van der Waals surface area (Å²) in [7, 11) is 0. The number of hydrogen-bond donors (Lipinski definition) is 2. The Morgan fingerprint density at radius 2 is 1.73 bits per heavy atom. The number of Topliss-reactive ketones (excluding diaryl/α,β-unsaturated/α-hetero) is 1. The third-order valence-electron chi connectivity index (χ3n) is 5.91. The highest BCUT2D eigenvalue weighted by atomic mass is 35.5. The predicted octanol–water partition coefficient (Wildman–Crippen LogP) is 6.44. The van der Waals surface area contributed by atoms with Crippen LogP contribution in [-0.4, -0.2) is 28.0 Å². The zero-order valence-corrected chi connectivity index (χ0v) is 18.5. The van der Waals surface area contributed by atoms with Crippen molar-refractivity contribution in [3.05, 3.63) is 57.7 Å². The molecule has 1 aliphatic rings. The SMILES string of the molecule is CC(=O)c1cnc2ccc(-c3cc(Cl)c(C)c(Cl)c3)cc2c1NC1CCC(O)CC1. The van der Waals surface area contributed by atoms with E-state index in [4.69, 9.17) is 23.2 Å². The van der Waals surface area contributed by atoms with Gasteiger partial charge in [0.1, 0.15) is 0 Å². The first-order valence-electron chi connectivity index (χ1n) is 10.2. The first-order valence-corrected chi connectivity index (χ1v) is 10.9. The second kappa shape index (κ2) is 8.54. The van der Waals surface area contributed by atoms with E-state index in [1.165, 1.54) is 0 Å². The van der Waals surface area contributed by atoms with Crippen molar-refractivity contribution in [1.29, 1.82) is 0 Å². The summed E-state index contributed by atoms with van der Waals surface area (Å²) >= 11 is 12.7. The van der Waals surface area contributed by atoms with Crippen LogP contribution in [0.5, 0.6) is 0 Å². The van der Waals surface area contributed by atoms with Crippen molar-refractivity contribution in [2.45, 2.75) is 51.7 Å². The summed E-state index contributed by atoms with van der Waals surface area (Å²) in [6, 6.07) is 9.99. The van der Waals surface area contributed by atoms with E-state index in [1.807, 2.05) is 37.3 Å². The molecule has 4 nitrogen and oxygen atoms in total. The van der Waals surface area contributed by atoms with Gasteiger partial charge in [0.15, 0.2) is 5.78 Å². The largest absolute Gasteiger partial charge is 0.393 e. The number of carbonyl (C=O) groups is 1. The van der Waals surface area contributed by atoms with Gasteiger partial charge < -0.3 is 10.4 Å². The Balaban J connectivity index is 1.82. The lowest BCUT2D eigenvalue weighted by Gasteiger charge is -2.28. The average Bonchev–Trinajstić information content (AvgIpc) is 2.73. The van der Waals surface area contributed by atoms with Crippen molar-refractivity contribution in [2.75, 3.05) is 5.32 Å². The van der Waals surface area contributed by atoms with Gasteiger partial charge in [-0.1, -0.05) is 29.3 Å². The van der Waals surface area contributed by atoms with Gasteiger partial charge in [0.25, 0.3) is 0 Å². The van der Waals surface area contributed by atoms with Gasteiger partial charge in [-0.15, -0.1) is 0 Å².